The van der Waals surface area contributed by atoms with Crippen molar-refractivity contribution in [3.05, 3.63) is 65.2 Å². The first-order chi connectivity index (χ1) is 12.4. The average Bonchev–Trinajstić information content (AvgIpc) is 2.62. The molecule has 0 bridgehead atoms. The minimum atomic E-state index is -1.33. The molecule has 1 N–H and O–H groups in total. The minimum Gasteiger partial charge on any atom is -0.548 e. The summed E-state index contributed by atoms with van der Waals surface area (Å²) < 4.78 is 26.9. The van der Waals surface area contributed by atoms with Crippen molar-refractivity contribution in [2.24, 2.45) is 0 Å². The van der Waals surface area contributed by atoms with Gasteiger partial charge in [-0.2, -0.15) is 0 Å². The molecule has 3 aromatic rings. The van der Waals surface area contributed by atoms with E-state index in [1.54, 1.807) is 12.1 Å². The van der Waals surface area contributed by atoms with Crippen LogP contribution in [0.15, 0.2) is 48.5 Å². The number of hydrogen-bond donors (Lipinski definition) is 1. The zero-order valence-electron chi connectivity index (χ0n) is 14.2. The van der Waals surface area contributed by atoms with Crippen LogP contribution in [0.1, 0.15) is 0 Å². The Morgan fingerprint density at radius 1 is 1.00 bits per heavy atom. The van der Waals surface area contributed by atoms with Gasteiger partial charge in [0.1, 0.15) is 11.6 Å². The van der Waals surface area contributed by atoms with Gasteiger partial charge in [0, 0.05) is 11.1 Å². The predicted octanol–water partition coefficient (Wildman–Crippen LogP) is -0.0920. The molecule has 0 unspecified atom stereocenters. The zero-order chi connectivity index (χ0) is 18.7. The Morgan fingerprint density at radius 3 is 2.19 bits per heavy atom. The Kier molecular flexibility index (Phi) is 7.26. The maximum absolute atomic E-state index is 13.8. The number of hydrogen-bond acceptors (Lipinski definition) is 5. The van der Waals surface area contributed by atoms with Crippen LogP contribution in [0.25, 0.3) is 22.5 Å². The van der Waals surface area contributed by atoms with Crippen molar-refractivity contribution in [1.82, 2.24) is 9.97 Å². The first kappa shape index (κ1) is 21.2. The summed E-state index contributed by atoms with van der Waals surface area (Å²) in [4.78, 5) is 19.1. The van der Waals surface area contributed by atoms with E-state index in [9.17, 15) is 18.7 Å². The summed E-state index contributed by atoms with van der Waals surface area (Å²) in [5.74, 6) is -2.34. The molecule has 27 heavy (non-hydrogen) atoms. The molecule has 0 spiro atoms. The first-order valence-corrected chi connectivity index (χ1v) is 7.84. The van der Waals surface area contributed by atoms with Crippen LogP contribution in [-0.4, -0.2) is 22.5 Å². The summed E-state index contributed by atoms with van der Waals surface area (Å²) in [7, 11) is 0. The Morgan fingerprint density at radius 2 is 1.59 bits per heavy atom. The normalized spacial score (nSPS) is 10.2. The van der Waals surface area contributed by atoms with Crippen LogP contribution in [0.4, 0.5) is 14.7 Å². The minimum absolute atomic E-state index is 0. The SMILES string of the molecule is O=C([O-])CNc1nc(-c2ccc(F)cc2)cc(-c2ccc(Cl)c(F)c2)n1.[Na+]. The molecule has 0 fully saturated rings. The number of anilines is 1. The topological polar surface area (TPSA) is 77.9 Å². The van der Waals surface area contributed by atoms with Crippen molar-refractivity contribution in [2.75, 3.05) is 11.9 Å². The zero-order valence-corrected chi connectivity index (χ0v) is 16.9. The number of carbonyl (C=O) groups excluding carboxylic acids is 1. The molecule has 0 saturated carbocycles. The fraction of sp³-hybridized carbons (Fsp3) is 0.0556. The van der Waals surface area contributed by atoms with E-state index >= 15 is 0 Å². The van der Waals surface area contributed by atoms with E-state index in [1.165, 1.54) is 36.4 Å². The van der Waals surface area contributed by atoms with Gasteiger partial charge in [-0.3, -0.25) is 0 Å². The van der Waals surface area contributed by atoms with Crippen LogP contribution in [0.3, 0.4) is 0 Å². The van der Waals surface area contributed by atoms with Gasteiger partial charge in [0.25, 0.3) is 0 Å². The van der Waals surface area contributed by atoms with E-state index in [4.69, 9.17) is 11.6 Å². The molecule has 1 heterocycles. The Labute approximate surface area is 180 Å². The number of carboxylic acid groups (broad SMARTS) is 1. The molecule has 0 aliphatic heterocycles. The number of carbonyl (C=O) groups is 1. The molecule has 1 aromatic heterocycles. The van der Waals surface area contributed by atoms with Gasteiger partial charge in [-0.1, -0.05) is 17.7 Å². The maximum Gasteiger partial charge on any atom is 1.00 e. The van der Waals surface area contributed by atoms with Crippen molar-refractivity contribution in [3.63, 3.8) is 0 Å². The molecular weight excluding hydrogens is 387 g/mol. The number of aliphatic carboxylic acids is 1. The van der Waals surface area contributed by atoms with E-state index in [-0.39, 0.29) is 40.5 Å². The standard InChI is InChI=1S/C18H12ClF2N3O2.Na/c19-13-6-3-11(7-14(13)21)16-8-15(10-1-4-12(20)5-2-10)23-18(24-16)22-9-17(25)26;/h1-8H,9H2,(H,25,26)(H,22,23,24);/q;+1/p-1. The van der Waals surface area contributed by atoms with Crippen molar-refractivity contribution in [2.45, 2.75) is 0 Å². The monoisotopic (exact) mass is 397 g/mol. The second kappa shape index (κ2) is 9.23. The number of rotatable bonds is 5. The molecule has 0 aliphatic carbocycles. The van der Waals surface area contributed by atoms with E-state index in [1.807, 2.05) is 0 Å². The van der Waals surface area contributed by atoms with E-state index < -0.39 is 24.1 Å². The average molecular weight is 398 g/mol. The van der Waals surface area contributed by atoms with E-state index in [0.29, 0.717) is 22.5 Å². The Hall–Kier alpha value is -2.06. The summed E-state index contributed by atoms with van der Waals surface area (Å²) >= 11 is 5.70. The summed E-state index contributed by atoms with van der Waals surface area (Å²) in [6.07, 6.45) is 0. The maximum atomic E-state index is 13.8. The van der Waals surface area contributed by atoms with Crippen LogP contribution in [0.5, 0.6) is 0 Å². The summed E-state index contributed by atoms with van der Waals surface area (Å²) in [6.45, 7) is -0.499. The number of nitrogens with one attached hydrogen (secondary N) is 1. The largest absolute Gasteiger partial charge is 1.00 e. The molecule has 0 atom stereocenters. The molecule has 5 nitrogen and oxygen atoms in total. The fourth-order valence-corrected chi connectivity index (χ4v) is 2.37. The molecular formula is C18H11ClF2N3NaO2. The van der Waals surface area contributed by atoms with Crippen LogP contribution in [0, 0.1) is 11.6 Å². The molecule has 9 heteroatoms. The van der Waals surface area contributed by atoms with Gasteiger partial charge in [0.05, 0.1) is 28.9 Å². The summed E-state index contributed by atoms with van der Waals surface area (Å²) in [6, 6.07) is 11.3. The third kappa shape index (κ3) is 5.46. The summed E-state index contributed by atoms with van der Waals surface area (Å²) in [5.41, 5.74) is 1.76. The van der Waals surface area contributed by atoms with Crippen LogP contribution in [0.2, 0.25) is 5.02 Å². The molecule has 2 aromatic carbocycles. The van der Waals surface area contributed by atoms with Crippen LogP contribution < -0.4 is 40.0 Å². The van der Waals surface area contributed by atoms with Gasteiger partial charge in [-0.05, 0) is 42.5 Å². The van der Waals surface area contributed by atoms with Gasteiger partial charge >= 0.3 is 29.6 Å². The third-order valence-electron chi connectivity index (χ3n) is 3.47. The number of carboxylic acids is 1. The summed E-state index contributed by atoms with van der Waals surface area (Å²) in [5, 5.41) is 13.2. The van der Waals surface area contributed by atoms with Crippen molar-refractivity contribution >= 4 is 23.5 Å². The molecule has 0 aliphatic rings. The first-order valence-electron chi connectivity index (χ1n) is 7.46. The van der Waals surface area contributed by atoms with Gasteiger partial charge in [-0.15, -0.1) is 0 Å². The van der Waals surface area contributed by atoms with Gasteiger partial charge < -0.3 is 15.2 Å². The van der Waals surface area contributed by atoms with Gasteiger partial charge in [-0.25, -0.2) is 18.7 Å². The quantitative estimate of drug-likeness (QED) is 0.609. The number of aromatic nitrogens is 2. The molecule has 0 amide bonds. The van der Waals surface area contributed by atoms with Crippen LogP contribution >= 0.6 is 11.6 Å². The third-order valence-corrected chi connectivity index (χ3v) is 3.78. The molecule has 132 valence electrons. The fourth-order valence-electron chi connectivity index (χ4n) is 2.25. The van der Waals surface area contributed by atoms with Crippen molar-refractivity contribution in [3.8, 4) is 22.5 Å². The smallest absolute Gasteiger partial charge is 0.548 e. The Balaban J connectivity index is 0.00000261. The molecule has 0 radical (unpaired) electrons. The van der Waals surface area contributed by atoms with Crippen molar-refractivity contribution < 1.29 is 48.2 Å². The van der Waals surface area contributed by atoms with Crippen molar-refractivity contribution in [1.29, 1.82) is 0 Å². The van der Waals surface area contributed by atoms with Gasteiger partial charge in [0.2, 0.25) is 5.95 Å². The number of nitrogens with zero attached hydrogens (tertiary/aromatic N) is 2. The van der Waals surface area contributed by atoms with E-state index in [0.717, 1.165) is 0 Å². The number of benzene rings is 2. The van der Waals surface area contributed by atoms with Gasteiger partial charge in [0.15, 0.2) is 0 Å². The van der Waals surface area contributed by atoms with E-state index in [2.05, 4.69) is 15.3 Å². The van der Waals surface area contributed by atoms with Crippen LogP contribution in [-0.2, 0) is 4.79 Å². The molecule has 3 rings (SSSR count). The Bertz CT molecular complexity index is 971. The second-order valence-electron chi connectivity index (χ2n) is 5.32. The molecule has 0 saturated heterocycles. The second-order valence-corrected chi connectivity index (χ2v) is 5.73. The predicted molar refractivity (Wildman–Crippen MR) is 91.3 cm³/mol. The number of halogens is 3.